The first-order chi connectivity index (χ1) is 8.93. The molecule has 4 atom stereocenters. The largest absolute Gasteiger partial charge is 2.00 e. The molecule has 2 radical (unpaired) electrons. The van der Waals surface area contributed by atoms with Gasteiger partial charge >= 0.3 is 51.2 Å². The summed E-state index contributed by atoms with van der Waals surface area (Å²) in [6.45, 7) is 5.09. The number of hydrogen-bond acceptors (Lipinski definition) is 4. The SMILES string of the molecule is C1[N-]C2CNCNC2[N-]1.C1[N-]C2CNCNC2[N-]1.O.O.O.O.[Cu+2].[Cu+2].[Cu+].[NH2-].[OH3+].[OH3+].[OH3+].[OH3+]. The molecule has 17 nitrogen and oxygen atoms in total. The van der Waals surface area contributed by atoms with E-state index in [1.165, 1.54) is 0 Å². The Morgan fingerprint density at radius 3 is 1.13 bits per heavy atom. The summed E-state index contributed by atoms with van der Waals surface area (Å²) in [7, 11) is 0. The van der Waals surface area contributed by atoms with E-state index in [9.17, 15) is 0 Å². The minimum Gasteiger partial charge on any atom is -0.693 e. The normalized spacial score (nSPS) is 25.6. The second-order valence-corrected chi connectivity index (χ2v) is 4.71. The molecule has 30 heavy (non-hydrogen) atoms. The van der Waals surface area contributed by atoms with E-state index >= 15 is 0 Å². The van der Waals surface area contributed by atoms with Gasteiger partial charge in [0.25, 0.3) is 0 Å². The second kappa shape index (κ2) is 34.5. The van der Waals surface area contributed by atoms with Gasteiger partial charge in [0.15, 0.2) is 0 Å². The smallest absolute Gasteiger partial charge is 0.693 e. The van der Waals surface area contributed by atoms with E-state index in [1.807, 2.05) is 0 Å². The van der Waals surface area contributed by atoms with Crippen LogP contribution in [0.3, 0.4) is 0 Å². The van der Waals surface area contributed by atoms with Crippen molar-refractivity contribution in [3.05, 3.63) is 27.4 Å². The predicted molar refractivity (Wildman–Crippen MR) is 110 cm³/mol. The molecule has 4 aliphatic rings. The third kappa shape index (κ3) is 18.5. The van der Waals surface area contributed by atoms with Gasteiger partial charge in [0.2, 0.25) is 0 Å². The van der Waals surface area contributed by atoms with Crippen molar-refractivity contribution in [3.63, 3.8) is 0 Å². The number of nitrogens with one attached hydrogen (secondary N) is 4. The van der Waals surface area contributed by atoms with Crippen LogP contribution in [0.4, 0.5) is 0 Å². The second-order valence-electron chi connectivity index (χ2n) is 4.71. The van der Waals surface area contributed by atoms with Crippen LogP contribution < -0.4 is 21.3 Å². The van der Waals surface area contributed by atoms with Gasteiger partial charge < -0.3 is 92.5 Å². The predicted octanol–water partition coefficient (Wildman–Crippen LogP) is -7.18. The first-order valence-corrected chi connectivity index (χ1v) is 6.48. The molecule has 4 saturated heterocycles. The van der Waals surface area contributed by atoms with Crippen molar-refractivity contribution in [1.82, 2.24) is 21.3 Å². The molecule has 26 N–H and O–H groups in total. The molecule has 4 fully saturated rings. The summed E-state index contributed by atoms with van der Waals surface area (Å²) in [5.41, 5.74) is 0. The van der Waals surface area contributed by atoms with Crippen LogP contribution in [0, 0.1) is 0 Å². The van der Waals surface area contributed by atoms with E-state index in [0.29, 0.717) is 37.8 Å². The molecular formula is C10H42Cu3N9O8+4. The van der Waals surface area contributed by atoms with Crippen LogP contribution in [-0.2, 0) is 73.1 Å². The van der Waals surface area contributed by atoms with Crippen LogP contribution in [0.5, 0.6) is 0 Å². The molecule has 20 heteroatoms. The van der Waals surface area contributed by atoms with E-state index < -0.39 is 0 Å². The zero-order chi connectivity index (χ0) is 12.2. The Labute approximate surface area is 207 Å². The summed E-state index contributed by atoms with van der Waals surface area (Å²) < 4.78 is 0. The molecule has 0 aromatic heterocycles. The fraction of sp³-hybridized carbons (Fsp3) is 1.00. The molecule has 0 spiro atoms. The standard InChI is InChI=1S/2C5H10N4.3Cu.H2N.8H2O/c2*1-4-5(8-2-6-1)9-3-7-4;;;;;;;;;;;;/h2*4-6,8H,1-3H2;;;;9*1H2/q2*-2;+1;2*+2;-1;;;;;;;;/p+4. The molecule has 0 amide bonds. The van der Waals surface area contributed by atoms with E-state index in [4.69, 9.17) is 0 Å². The minimum atomic E-state index is 0. The number of hydrogen-bond donors (Lipinski definition) is 4. The van der Waals surface area contributed by atoms with Gasteiger partial charge in [-0.05, 0) is 13.1 Å². The number of rotatable bonds is 0. The monoisotopic (exact) mass is 605 g/mol. The molecule has 0 aromatic carbocycles. The van der Waals surface area contributed by atoms with Gasteiger partial charge in [-0.3, -0.25) is 13.3 Å². The van der Waals surface area contributed by atoms with Gasteiger partial charge in [-0.15, -0.1) is 24.4 Å². The summed E-state index contributed by atoms with van der Waals surface area (Å²) in [6.07, 6.45) is 0.623. The molecule has 0 saturated carbocycles. The maximum Gasteiger partial charge on any atom is 2.00 e. The molecule has 4 unspecified atom stereocenters. The molecule has 4 rings (SSSR count). The van der Waals surface area contributed by atoms with Gasteiger partial charge in [0.05, 0.1) is 0 Å². The van der Waals surface area contributed by atoms with Crippen LogP contribution in [0.1, 0.15) is 0 Å². The number of fused-ring (bicyclic) bond motifs is 2. The van der Waals surface area contributed by atoms with Gasteiger partial charge in [-0.25, -0.2) is 0 Å². The Balaban J connectivity index is -0.0000000238. The Kier molecular flexibility index (Phi) is 72.7. The van der Waals surface area contributed by atoms with Gasteiger partial charge in [0.1, 0.15) is 0 Å². The van der Waals surface area contributed by atoms with Crippen LogP contribution >= 0.6 is 0 Å². The van der Waals surface area contributed by atoms with Crippen molar-refractivity contribution >= 4 is 0 Å². The summed E-state index contributed by atoms with van der Waals surface area (Å²) in [4.78, 5) is 0. The van der Waals surface area contributed by atoms with Crippen LogP contribution in [0.2, 0.25) is 0 Å². The molecule has 0 bridgehead atoms. The van der Waals surface area contributed by atoms with Gasteiger partial charge in [0, 0.05) is 13.3 Å². The maximum atomic E-state index is 4.27. The van der Waals surface area contributed by atoms with Crippen molar-refractivity contribution in [1.29, 1.82) is 0 Å². The third-order valence-electron chi connectivity index (χ3n) is 3.50. The average molecular weight is 607 g/mol. The first kappa shape index (κ1) is 63.2. The molecule has 0 aromatic rings. The minimum absolute atomic E-state index is 0. The first-order valence-electron chi connectivity index (χ1n) is 6.48. The molecule has 4 aliphatic heterocycles. The fourth-order valence-corrected chi connectivity index (χ4v) is 2.47. The van der Waals surface area contributed by atoms with Crippen molar-refractivity contribution in [2.45, 2.75) is 24.4 Å². The van der Waals surface area contributed by atoms with E-state index in [-0.39, 0.29) is 101 Å². The molecular weight excluding hydrogens is 565 g/mol. The Bertz CT molecular complexity index is 251. The van der Waals surface area contributed by atoms with Crippen LogP contribution in [-0.4, -0.2) is 86.1 Å². The van der Waals surface area contributed by atoms with E-state index in [2.05, 4.69) is 42.5 Å². The molecule has 204 valence electrons. The zero-order valence-electron chi connectivity index (χ0n) is 16.1. The van der Waals surface area contributed by atoms with Crippen molar-refractivity contribution in [3.8, 4) is 0 Å². The number of nitrogens with zero attached hydrogens (tertiary/aromatic N) is 4. The summed E-state index contributed by atoms with van der Waals surface area (Å²) >= 11 is 0. The van der Waals surface area contributed by atoms with Gasteiger partial charge in [-0.1, -0.05) is 0 Å². The van der Waals surface area contributed by atoms with Crippen molar-refractivity contribution in [2.75, 3.05) is 39.8 Å². The topological polar surface area (TPSA) is 396 Å². The molecule has 4 heterocycles. The Morgan fingerprint density at radius 2 is 0.867 bits per heavy atom. The van der Waals surface area contributed by atoms with E-state index in [1.54, 1.807) is 0 Å². The van der Waals surface area contributed by atoms with E-state index in [0.717, 1.165) is 26.4 Å². The van der Waals surface area contributed by atoms with Crippen LogP contribution in [0.15, 0.2) is 0 Å². The number of nitrogens with two attached hydrogens (primary N) is 1. The Hall–Kier alpha value is 0.878. The average Bonchev–Trinajstić information content (AvgIpc) is 3.08. The maximum absolute atomic E-state index is 4.27. The van der Waals surface area contributed by atoms with Crippen molar-refractivity contribution in [2.24, 2.45) is 0 Å². The summed E-state index contributed by atoms with van der Waals surface area (Å²) in [6, 6.07) is 0.803. The fourth-order valence-electron chi connectivity index (χ4n) is 2.47. The van der Waals surface area contributed by atoms with Crippen molar-refractivity contribution < 1.29 is 95.0 Å². The summed E-state index contributed by atoms with van der Waals surface area (Å²) in [5, 5.41) is 29.8. The zero-order valence-corrected chi connectivity index (χ0v) is 19.0. The van der Waals surface area contributed by atoms with Crippen LogP contribution in [0.25, 0.3) is 27.4 Å². The molecule has 0 aliphatic carbocycles. The quantitative estimate of drug-likeness (QED) is 0.154. The summed E-state index contributed by atoms with van der Waals surface area (Å²) in [5.74, 6) is 0. The van der Waals surface area contributed by atoms with Gasteiger partial charge in [-0.2, -0.15) is 0 Å². The third-order valence-corrected chi connectivity index (χ3v) is 3.50. The Morgan fingerprint density at radius 1 is 0.567 bits per heavy atom.